The number of phenols is 2. The van der Waals surface area contributed by atoms with E-state index in [4.69, 9.17) is 0 Å². The molecule has 0 unspecified atom stereocenters. The molecule has 0 radical (unpaired) electrons. The van der Waals surface area contributed by atoms with Crippen LogP contribution in [-0.4, -0.2) is 10.2 Å². The summed E-state index contributed by atoms with van der Waals surface area (Å²) in [5, 5.41) is 20.4. The van der Waals surface area contributed by atoms with Crippen LogP contribution in [0.3, 0.4) is 0 Å². The summed E-state index contributed by atoms with van der Waals surface area (Å²) < 4.78 is 0. The van der Waals surface area contributed by atoms with Crippen LogP contribution in [0.2, 0.25) is 0 Å². The lowest BCUT2D eigenvalue weighted by molar-refractivity contribution is 0.470. The number of rotatable bonds is 2. The summed E-state index contributed by atoms with van der Waals surface area (Å²) in [6.45, 7) is 16.1. The molecule has 2 heteroatoms. The van der Waals surface area contributed by atoms with Crippen molar-refractivity contribution in [3.05, 3.63) is 118 Å². The Kier molecular flexibility index (Phi) is 14.2. The van der Waals surface area contributed by atoms with Gasteiger partial charge in [-0.1, -0.05) is 136 Å². The first kappa shape index (κ1) is 34.5. The van der Waals surface area contributed by atoms with Crippen molar-refractivity contribution in [2.24, 2.45) is 0 Å². The molecule has 38 heavy (non-hydrogen) atoms. The fourth-order valence-corrected chi connectivity index (χ4v) is 4.80. The van der Waals surface area contributed by atoms with Gasteiger partial charge in [0.1, 0.15) is 11.5 Å². The van der Waals surface area contributed by atoms with Gasteiger partial charge in [0.05, 0.1) is 5.41 Å². The Labute approximate surface area is 233 Å². The van der Waals surface area contributed by atoms with Gasteiger partial charge in [0, 0.05) is 0 Å². The van der Waals surface area contributed by atoms with Gasteiger partial charge in [-0.3, -0.25) is 0 Å². The van der Waals surface area contributed by atoms with Gasteiger partial charge in [-0.15, -0.1) is 0 Å². The Morgan fingerprint density at radius 2 is 0.868 bits per heavy atom. The SMILES string of the molecule is C.C.CC.CC.CCC.Cc1cc(C2(c3ccc(O)c(C)c3)c3ccccc3-c3ccccc32)ccc1O. The molecule has 4 aromatic carbocycles. The highest BCUT2D eigenvalue weighted by atomic mass is 16.3. The summed E-state index contributed by atoms with van der Waals surface area (Å²) in [7, 11) is 0. The molecule has 0 aliphatic heterocycles. The molecular formula is C36H50O2. The van der Waals surface area contributed by atoms with Gasteiger partial charge in [0.25, 0.3) is 0 Å². The van der Waals surface area contributed by atoms with Crippen LogP contribution in [0, 0.1) is 13.8 Å². The third-order valence-electron chi connectivity index (χ3n) is 6.21. The van der Waals surface area contributed by atoms with E-state index in [2.05, 4.69) is 74.5 Å². The average molecular weight is 515 g/mol. The third kappa shape index (κ3) is 6.13. The van der Waals surface area contributed by atoms with Crippen LogP contribution in [0.25, 0.3) is 11.1 Å². The quantitative estimate of drug-likeness (QED) is 0.246. The summed E-state index contributed by atoms with van der Waals surface area (Å²) in [4.78, 5) is 0. The molecule has 0 spiro atoms. The van der Waals surface area contributed by atoms with Crippen LogP contribution >= 0.6 is 0 Å². The molecule has 1 aliphatic rings. The summed E-state index contributed by atoms with van der Waals surface area (Å²) in [5.74, 6) is 0.593. The number of phenolic OH excluding ortho intramolecular Hbond substituents is 2. The van der Waals surface area contributed by atoms with E-state index in [-0.39, 0.29) is 14.9 Å². The van der Waals surface area contributed by atoms with E-state index < -0.39 is 5.41 Å². The molecule has 2 N–H and O–H groups in total. The van der Waals surface area contributed by atoms with Crippen molar-refractivity contribution in [1.29, 1.82) is 0 Å². The molecule has 5 rings (SSSR count). The molecule has 206 valence electrons. The Balaban J connectivity index is 0.00000140. The molecule has 0 fully saturated rings. The topological polar surface area (TPSA) is 40.5 Å². The monoisotopic (exact) mass is 514 g/mol. The molecule has 0 saturated heterocycles. The molecule has 0 aromatic heterocycles. The van der Waals surface area contributed by atoms with Gasteiger partial charge < -0.3 is 10.2 Å². The molecule has 0 heterocycles. The first-order chi connectivity index (χ1) is 17.4. The Morgan fingerprint density at radius 3 is 1.18 bits per heavy atom. The van der Waals surface area contributed by atoms with E-state index in [0.717, 1.165) is 22.3 Å². The number of benzene rings is 4. The number of hydrogen-bond donors (Lipinski definition) is 2. The number of hydrogen-bond acceptors (Lipinski definition) is 2. The fourth-order valence-electron chi connectivity index (χ4n) is 4.80. The van der Waals surface area contributed by atoms with Crippen molar-refractivity contribution < 1.29 is 10.2 Å². The van der Waals surface area contributed by atoms with Crippen molar-refractivity contribution in [3.63, 3.8) is 0 Å². The fraction of sp³-hybridized carbons (Fsp3) is 0.333. The van der Waals surface area contributed by atoms with Crippen molar-refractivity contribution in [2.75, 3.05) is 0 Å². The van der Waals surface area contributed by atoms with Gasteiger partial charge in [0.2, 0.25) is 0 Å². The maximum Gasteiger partial charge on any atom is 0.118 e. The van der Waals surface area contributed by atoms with Crippen molar-refractivity contribution in [1.82, 2.24) is 0 Å². The third-order valence-corrected chi connectivity index (χ3v) is 6.21. The standard InChI is InChI=1S/C27H22O2.C3H8.2C2H6.2CH4/c1-17-15-19(11-13-25(17)28)27(20-12-14-26(29)18(2)16-20)23-9-5-3-7-21(23)22-8-4-6-10-24(22)27;1-3-2;2*1-2;;/h3-16,28-29H,1-2H3;3H2,1-2H3;2*1-2H3;2*1H4. The lowest BCUT2D eigenvalue weighted by Gasteiger charge is -2.34. The molecule has 0 bridgehead atoms. The summed E-state index contributed by atoms with van der Waals surface area (Å²) >= 11 is 0. The highest BCUT2D eigenvalue weighted by Gasteiger charge is 2.46. The van der Waals surface area contributed by atoms with Gasteiger partial charge in [-0.05, 0) is 70.5 Å². The Hall–Kier alpha value is -3.52. The van der Waals surface area contributed by atoms with Crippen LogP contribution in [0.5, 0.6) is 11.5 Å². The zero-order valence-corrected chi connectivity index (χ0v) is 23.2. The maximum absolute atomic E-state index is 10.2. The van der Waals surface area contributed by atoms with Crippen LogP contribution < -0.4 is 0 Å². The van der Waals surface area contributed by atoms with Crippen LogP contribution in [0.15, 0.2) is 84.9 Å². The zero-order chi connectivity index (χ0) is 26.9. The predicted octanol–water partition coefficient (Wildman–Crippen LogP) is 10.8. The minimum Gasteiger partial charge on any atom is -0.508 e. The smallest absolute Gasteiger partial charge is 0.118 e. The second-order valence-electron chi connectivity index (χ2n) is 8.55. The molecule has 2 nitrogen and oxygen atoms in total. The Bertz CT molecular complexity index is 1170. The van der Waals surface area contributed by atoms with Gasteiger partial charge in [0.15, 0.2) is 0 Å². The van der Waals surface area contributed by atoms with Crippen LogP contribution in [0.4, 0.5) is 0 Å². The van der Waals surface area contributed by atoms with Crippen molar-refractivity contribution in [2.45, 2.75) is 82.1 Å². The van der Waals surface area contributed by atoms with E-state index in [1.807, 2.05) is 53.7 Å². The second kappa shape index (κ2) is 15.7. The van der Waals surface area contributed by atoms with Crippen LogP contribution in [-0.2, 0) is 5.41 Å². The van der Waals surface area contributed by atoms with E-state index in [0.29, 0.717) is 11.5 Å². The minimum absolute atomic E-state index is 0. The summed E-state index contributed by atoms with van der Waals surface area (Å²) in [6.07, 6.45) is 1.25. The van der Waals surface area contributed by atoms with Crippen LogP contribution in [0.1, 0.15) is 96.2 Å². The van der Waals surface area contributed by atoms with Gasteiger partial charge in [-0.25, -0.2) is 0 Å². The molecule has 0 saturated carbocycles. The highest BCUT2D eigenvalue weighted by Crippen LogP contribution is 2.56. The molecule has 0 atom stereocenters. The largest absolute Gasteiger partial charge is 0.508 e. The first-order valence-corrected chi connectivity index (χ1v) is 13.2. The van der Waals surface area contributed by atoms with Gasteiger partial charge >= 0.3 is 0 Å². The second-order valence-corrected chi connectivity index (χ2v) is 8.55. The number of aromatic hydroxyl groups is 2. The summed E-state index contributed by atoms with van der Waals surface area (Å²) in [6, 6.07) is 28.8. The highest BCUT2D eigenvalue weighted by molar-refractivity contribution is 5.86. The van der Waals surface area contributed by atoms with Crippen molar-refractivity contribution >= 4 is 0 Å². The van der Waals surface area contributed by atoms with E-state index in [1.54, 1.807) is 12.1 Å². The lowest BCUT2D eigenvalue weighted by Crippen LogP contribution is -2.28. The van der Waals surface area contributed by atoms with E-state index >= 15 is 0 Å². The Morgan fingerprint density at radius 1 is 0.553 bits per heavy atom. The summed E-state index contributed by atoms with van der Waals surface area (Å²) in [5.41, 5.74) is 8.28. The number of fused-ring (bicyclic) bond motifs is 3. The minimum atomic E-state index is -0.510. The normalized spacial score (nSPS) is 11.3. The zero-order valence-electron chi connectivity index (χ0n) is 23.2. The van der Waals surface area contributed by atoms with E-state index in [1.165, 1.54) is 28.7 Å². The molecule has 1 aliphatic carbocycles. The number of aryl methyl sites for hydroxylation is 2. The maximum atomic E-state index is 10.2. The lowest BCUT2D eigenvalue weighted by atomic mass is 9.67. The first-order valence-electron chi connectivity index (χ1n) is 13.2. The molecule has 0 amide bonds. The molecule has 4 aromatic rings. The van der Waals surface area contributed by atoms with E-state index in [9.17, 15) is 10.2 Å². The van der Waals surface area contributed by atoms with Crippen molar-refractivity contribution in [3.8, 4) is 22.6 Å². The van der Waals surface area contributed by atoms with Gasteiger partial charge in [-0.2, -0.15) is 0 Å². The average Bonchev–Trinajstić information content (AvgIpc) is 3.21. The molecular weight excluding hydrogens is 464 g/mol. The predicted molar refractivity (Wildman–Crippen MR) is 169 cm³/mol.